The highest BCUT2D eigenvalue weighted by atomic mass is 35.5. The molecule has 0 spiro atoms. The average Bonchev–Trinajstić information content (AvgIpc) is 2.79. The number of halogens is 1. The zero-order valence-electron chi connectivity index (χ0n) is 17.6. The van der Waals surface area contributed by atoms with Crippen molar-refractivity contribution in [2.45, 2.75) is 24.0 Å². The summed E-state index contributed by atoms with van der Waals surface area (Å²) in [4.78, 5) is 43.8. The summed E-state index contributed by atoms with van der Waals surface area (Å²) in [5, 5.41) is 10.6. The molecule has 2 aromatic heterocycles. The lowest BCUT2D eigenvalue weighted by Gasteiger charge is -2.42. The molecule has 10 heteroatoms. The molecule has 0 aliphatic carbocycles. The number of likely N-dealkylation sites (tertiary alicyclic amines) is 1. The van der Waals surface area contributed by atoms with E-state index in [1.54, 1.807) is 36.4 Å². The minimum Gasteiger partial charge on any atom is -0.493 e. The Bertz CT molecular complexity index is 1340. The third-order valence-electron chi connectivity index (χ3n) is 6.12. The predicted octanol–water partition coefficient (Wildman–Crippen LogP) is 2.49. The minimum atomic E-state index is -0.450. The number of benzene rings is 1. The van der Waals surface area contributed by atoms with Gasteiger partial charge in [0.05, 0.1) is 17.5 Å². The summed E-state index contributed by atoms with van der Waals surface area (Å²) in [5.74, 6) is -0.0239. The van der Waals surface area contributed by atoms with Gasteiger partial charge >= 0.3 is 0 Å². The molecule has 0 unspecified atom stereocenters. The van der Waals surface area contributed by atoms with Crippen molar-refractivity contribution in [1.29, 1.82) is 0 Å². The molecule has 1 saturated heterocycles. The lowest BCUT2D eigenvalue weighted by molar-refractivity contribution is -0.131. The number of hydrogen-bond donors (Lipinski definition) is 1. The molecule has 170 valence electrons. The van der Waals surface area contributed by atoms with Gasteiger partial charge in [-0.2, -0.15) is 4.98 Å². The topological polar surface area (TPSA) is 97.4 Å². The summed E-state index contributed by atoms with van der Waals surface area (Å²) in [6.45, 7) is 1.76. The van der Waals surface area contributed by atoms with E-state index in [1.807, 2.05) is 15.5 Å². The number of carbonyl (C=O) groups excluding carboxylic acids is 1. The molecule has 1 N–H and O–H groups in total. The van der Waals surface area contributed by atoms with Crippen LogP contribution in [-0.4, -0.2) is 48.9 Å². The maximum atomic E-state index is 13.1. The van der Waals surface area contributed by atoms with Crippen molar-refractivity contribution in [1.82, 2.24) is 19.0 Å². The summed E-state index contributed by atoms with van der Waals surface area (Å²) in [6, 6.07) is 13.0. The fraction of sp³-hybridized carbons (Fsp3) is 0.304. The molecule has 3 aromatic rings. The highest BCUT2D eigenvalue weighted by molar-refractivity contribution is 7.99. The Kier molecular flexibility index (Phi) is 5.76. The monoisotopic (exact) mass is 484 g/mol. The summed E-state index contributed by atoms with van der Waals surface area (Å²) in [6.07, 6.45) is 0.963. The van der Waals surface area contributed by atoms with Gasteiger partial charge in [-0.15, -0.1) is 0 Å². The Labute approximate surface area is 198 Å². The van der Waals surface area contributed by atoms with E-state index in [0.717, 1.165) is 29.9 Å². The molecule has 4 heterocycles. The van der Waals surface area contributed by atoms with Crippen LogP contribution in [0.15, 0.2) is 63.3 Å². The lowest BCUT2D eigenvalue weighted by Crippen LogP contribution is -2.49. The second kappa shape index (κ2) is 8.72. The van der Waals surface area contributed by atoms with Gasteiger partial charge in [0.25, 0.3) is 11.1 Å². The SMILES string of the molecule is O=C(CSc1nc(O)cc(=O)n1-c1ccc(Cl)cc1)N1C[C@@H]2C[C@@H](C1)c1cccc(=O)n1C2. The van der Waals surface area contributed by atoms with Crippen molar-refractivity contribution in [3.63, 3.8) is 0 Å². The Morgan fingerprint density at radius 1 is 1.09 bits per heavy atom. The minimum absolute atomic E-state index is 0.00709. The maximum Gasteiger partial charge on any atom is 0.262 e. The van der Waals surface area contributed by atoms with E-state index >= 15 is 0 Å². The van der Waals surface area contributed by atoms with Gasteiger partial charge < -0.3 is 14.6 Å². The molecule has 2 aliphatic rings. The molecule has 2 aliphatic heterocycles. The summed E-state index contributed by atoms with van der Waals surface area (Å²) < 4.78 is 3.18. The van der Waals surface area contributed by atoms with Crippen LogP contribution in [0.1, 0.15) is 18.0 Å². The number of amides is 1. The van der Waals surface area contributed by atoms with Crippen LogP contribution >= 0.6 is 23.4 Å². The Hall–Kier alpha value is -3.04. The van der Waals surface area contributed by atoms with Crippen LogP contribution in [0.25, 0.3) is 5.69 Å². The van der Waals surface area contributed by atoms with Gasteiger partial charge in [-0.05, 0) is 42.7 Å². The number of carbonyl (C=O) groups is 1. The fourth-order valence-electron chi connectivity index (χ4n) is 4.69. The highest BCUT2D eigenvalue weighted by Gasteiger charge is 2.36. The molecule has 8 nitrogen and oxygen atoms in total. The Morgan fingerprint density at radius 2 is 1.88 bits per heavy atom. The quantitative estimate of drug-likeness (QED) is 0.451. The van der Waals surface area contributed by atoms with Crippen molar-refractivity contribution in [3.05, 3.63) is 80.0 Å². The molecule has 0 radical (unpaired) electrons. The molecule has 2 bridgehead atoms. The van der Waals surface area contributed by atoms with Crippen LogP contribution in [-0.2, 0) is 11.3 Å². The second-order valence-electron chi connectivity index (χ2n) is 8.33. The first-order chi connectivity index (χ1) is 15.9. The molecule has 0 saturated carbocycles. The largest absolute Gasteiger partial charge is 0.493 e. The van der Waals surface area contributed by atoms with Crippen LogP contribution in [0.3, 0.4) is 0 Å². The molecule has 33 heavy (non-hydrogen) atoms. The first-order valence-electron chi connectivity index (χ1n) is 10.6. The first kappa shape index (κ1) is 21.8. The van der Waals surface area contributed by atoms with E-state index in [4.69, 9.17) is 11.6 Å². The molecule has 1 amide bonds. The van der Waals surface area contributed by atoms with Gasteiger partial charge in [-0.3, -0.25) is 19.0 Å². The van der Waals surface area contributed by atoms with Crippen molar-refractivity contribution < 1.29 is 9.90 Å². The first-order valence-corrected chi connectivity index (χ1v) is 11.9. The number of pyridine rings is 1. The van der Waals surface area contributed by atoms with Crippen LogP contribution in [0.2, 0.25) is 5.02 Å². The normalized spacial score (nSPS) is 19.2. The number of rotatable bonds is 4. The van der Waals surface area contributed by atoms with E-state index in [0.29, 0.717) is 30.3 Å². The maximum absolute atomic E-state index is 13.1. The number of piperidine rings is 1. The predicted molar refractivity (Wildman–Crippen MR) is 125 cm³/mol. The number of fused-ring (bicyclic) bond motifs is 4. The van der Waals surface area contributed by atoms with E-state index in [9.17, 15) is 19.5 Å². The Morgan fingerprint density at radius 3 is 2.67 bits per heavy atom. The summed E-state index contributed by atoms with van der Waals surface area (Å²) in [7, 11) is 0. The summed E-state index contributed by atoms with van der Waals surface area (Å²) in [5.41, 5.74) is 1.08. The molecular weight excluding hydrogens is 464 g/mol. The molecular formula is C23H21ClN4O4S. The summed E-state index contributed by atoms with van der Waals surface area (Å²) >= 11 is 7.06. The number of thioether (sulfide) groups is 1. The average molecular weight is 485 g/mol. The lowest BCUT2D eigenvalue weighted by atomic mass is 9.83. The van der Waals surface area contributed by atoms with Crippen molar-refractivity contribution in [2.24, 2.45) is 5.92 Å². The Balaban J connectivity index is 1.35. The number of hydrogen-bond acceptors (Lipinski definition) is 6. The van der Waals surface area contributed by atoms with Gasteiger partial charge in [-0.1, -0.05) is 29.4 Å². The fourth-order valence-corrected chi connectivity index (χ4v) is 5.74. The standard InChI is InChI=1S/C23H21ClN4O4S/c24-16-4-6-17(7-5-16)28-21(31)9-19(29)25-23(28)33-13-22(32)26-10-14-8-15(12-26)18-2-1-3-20(30)27(18)11-14/h1-7,9,14-15,29H,8,10-13H2/t14-,15-/m0/s1. The van der Waals surface area contributed by atoms with Gasteiger partial charge in [-0.25, -0.2) is 0 Å². The molecule has 2 atom stereocenters. The van der Waals surface area contributed by atoms with Crippen molar-refractivity contribution in [2.75, 3.05) is 18.8 Å². The van der Waals surface area contributed by atoms with E-state index in [1.165, 1.54) is 4.57 Å². The van der Waals surface area contributed by atoms with Gasteiger partial charge in [0.1, 0.15) is 0 Å². The van der Waals surface area contributed by atoms with Gasteiger partial charge in [0.2, 0.25) is 11.8 Å². The van der Waals surface area contributed by atoms with Crippen LogP contribution in [0.5, 0.6) is 5.88 Å². The molecule has 1 aromatic carbocycles. The highest BCUT2D eigenvalue weighted by Crippen LogP contribution is 2.35. The zero-order chi connectivity index (χ0) is 23.1. The number of nitrogens with zero attached hydrogens (tertiary/aromatic N) is 4. The molecule has 1 fully saturated rings. The van der Waals surface area contributed by atoms with Gasteiger partial charge in [0, 0.05) is 42.3 Å². The van der Waals surface area contributed by atoms with Crippen LogP contribution < -0.4 is 11.1 Å². The number of aromatic hydroxyl groups is 1. The van der Waals surface area contributed by atoms with E-state index in [2.05, 4.69) is 4.98 Å². The molecule has 5 rings (SSSR count). The van der Waals surface area contributed by atoms with E-state index in [-0.39, 0.29) is 34.2 Å². The van der Waals surface area contributed by atoms with Gasteiger partial charge in [0.15, 0.2) is 5.16 Å². The zero-order valence-corrected chi connectivity index (χ0v) is 19.1. The van der Waals surface area contributed by atoms with Crippen molar-refractivity contribution in [3.8, 4) is 11.6 Å². The van der Waals surface area contributed by atoms with Crippen molar-refractivity contribution >= 4 is 29.3 Å². The van der Waals surface area contributed by atoms with Crippen LogP contribution in [0, 0.1) is 5.92 Å². The number of aromatic nitrogens is 3. The second-order valence-corrected chi connectivity index (χ2v) is 9.71. The third kappa shape index (κ3) is 4.30. The third-order valence-corrected chi connectivity index (χ3v) is 7.29. The smallest absolute Gasteiger partial charge is 0.262 e. The van der Waals surface area contributed by atoms with Crippen LogP contribution in [0.4, 0.5) is 0 Å². The van der Waals surface area contributed by atoms with E-state index < -0.39 is 11.4 Å².